The number of ether oxygens (including phenoxy) is 1. The molecule has 1 atom stereocenters. The van der Waals surface area contributed by atoms with Gasteiger partial charge in [-0.05, 0) is 33.6 Å². The van der Waals surface area contributed by atoms with Crippen molar-refractivity contribution in [3.05, 3.63) is 23.8 Å². The SMILES string of the molecule is C/C=C/C1=CCC(C)(C(=O)OCC)C1. The van der Waals surface area contributed by atoms with E-state index in [2.05, 4.69) is 12.2 Å². The quantitative estimate of drug-likeness (QED) is 0.646. The van der Waals surface area contributed by atoms with Gasteiger partial charge in [-0.15, -0.1) is 0 Å². The molecule has 1 rings (SSSR count). The molecule has 2 nitrogen and oxygen atoms in total. The van der Waals surface area contributed by atoms with Crippen LogP contribution in [-0.4, -0.2) is 12.6 Å². The second kappa shape index (κ2) is 4.45. The summed E-state index contributed by atoms with van der Waals surface area (Å²) in [6.45, 7) is 6.27. The number of hydrogen-bond acceptors (Lipinski definition) is 2. The van der Waals surface area contributed by atoms with E-state index in [1.165, 1.54) is 5.57 Å². The molecule has 0 N–H and O–H groups in total. The third-order valence-electron chi connectivity index (χ3n) is 2.56. The average Bonchev–Trinajstić information content (AvgIpc) is 2.50. The fourth-order valence-corrected chi connectivity index (χ4v) is 1.75. The molecule has 1 aliphatic carbocycles. The van der Waals surface area contributed by atoms with Gasteiger partial charge in [-0.3, -0.25) is 4.79 Å². The molecule has 0 fully saturated rings. The highest BCUT2D eigenvalue weighted by molar-refractivity contribution is 5.78. The summed E-state index contributed by atoms with van der Waals surface area (Å²) in [6, 6.07) is 0. The Morgan fingerprint density at radius 1 is 1.71 bits per heavy atom. The summed E-state index contributed by atoms with van der Waals surface area (Å²) in [5.41, 5.74) is 0.910. The molecular formula is C12H18O2. The Morgan fingerprint density at radius 3 is 3.00 bits per heavy atom. The van der Waals surface area contributed by atoms with Crippen molar-refractivity contribution in [3.8, 4) is 0 Å². The number of carbonyl (C=O) groups excluding carboxylic acids is 1. The molecule has 0 spiro atoms. The first kappa shape index (κ1) is 11.0. The minimum Gasteiger partial charge on any atom is -0.466 e. The topological polar surface area (TPSA) is 26.3 Å². The van der Waals surface area contributed by atoms with Gasteiger partial charge >= 0.3 is 5.97 Å². The van der Waals surface area contributed by atoms with E-state index in [1.54, 1.807) is 0 Å². The van der Waals surface area contributed by atoms with E-state index in [4.69, 9.17) is 4.74 Å². The Hall–Kier alpha value is -1.05. The van der Waals surface area contributed by atoms with Gasteiger partial charge in [0.05, 0.1) is 12.0 Å². The molecule has 0 saturated heterocycles. The minimum absolute atomic E-state index is 0.0734. The predicted octanol–water partition coefficient (Wildman–Crippen LogP) is 2.85. The van der Waals surface area contributed by atoms with Gasteiger partial charge < -0.3 is 4.74 Å². The van der Waals surface area contributed by atoms with Gasteiger partial charge in [0, 0.05) is 0 Å². The maximum Gasteiger partial charge on any atom is 0.312 e. The third kappa shape index (κ3) is 2.25. The summed E-state index contributed by atoms with van der Waals surface area (Å²) >= 11 is 0. The first-order valence-electron chi connectivity index (χ1n) is 5.11. The summed E-state index contributed by atoms with van der Waals surface area (Å²) in [5, 5.41) is 0. The summed E-state index contributed by atoms with van der Waals surface area (Å²) < 4.78 is 5.06. The summed E-state index contributed by atoms with van der Waals surface area (Å²) in [4.78, 5) is 11.6. The normalized spacial score (nSPS) is 26.6. The van der Waals surface area contributed by atoms with Crippen molar-refractivity contribution in [1.82, 2.24) is 0 Å². The van der Waals surface area contributed by atoms with E-state index in [0.717, 1.165) is 12.8 Å². The monoisotopic (exact) mass is 194 g/mol. The third-order valence-corrected chi connectivity index (χ3v) is 2.56. The van der Waals surface area contributed by atoms with Crippen molar-refractivity contribution in [2.24, 2.45) is 5.41 Å². The molecule has 0 heterocycles. The van der Waals surface area contributed by atoms with Crippen LogP contribution in [-0.2, 0) is 9.53 Å². The van der Waals surface area contributed by atoms with Crippen LogP contribution >= 0.6 is 0 Å². The fraction of sp³-hybridized carbons (Fsp3) is 0.583. The van der Waals surface area contributed by atoms with Crippen LogP contribution < -0.4 is 0 Å². The van der Waals surface area contributed by atoms with E-state index in [-0.39, 0.29) is 11.4 Å². The first-order valence-corrected chi connectivity index (χ1v) is 5.11. The lowest BCUT2D eigenvalue weighted by atomic mass is 9.87. The lowest BCUT2D eigenvalue weighted by Gasteiger charge is -2.21. The Bertz CT molecular complexity index is 276. The van der Waals surface area contributed by atoms with Crippen LogP contribution in [0.25, 0.3) is 0 Å². The van der Waals surface area contributed by atoms with Crippen molar-refractivity contribution in [3.63, 3.8) is 0 Å². The molecule has 0 aliphatic heterocycles. The van der Waals surface area contributed by atoms with Crippen LogP contribution in [0.5, 0.6) is 0 Å². The molecule has 14 heavy (non-hydrogen) atoms. The lowest BCUT2D eigenvalue weighted by Crippen LogP contribution is -2.27. The molecule has 78 valence electrons. The zero-order valence-corrected chi connectivity index (χ0v) is 9.17. The molecule has 1 aliphatic rings. The molecule has 0 aromatic rings. The highest BCUT2D eigenvalue weighted by Gasteiger charge is 2.37. The Balaban J connectivity index is 2.61. The van der Waals surface area contributed by atoms with Gasteiger partial charge in [-0.1, -0.05) is 23.8 Å². The van der Waals surface area contributed by atoms with Gasteiger partial charge in [-0.2, -0.15) is 0 Å². The lowest BCUT2D eigenvalue weighted by molar-refractivity contribution is -0.153. The highest BCUT2D eigenvalue weighted by Crippen LogP contribution is 2.38. The molecule has 1 unspecified atom stereocenters. The Kier molecular flexibility index (Phi) is 3.50. The van der Waals surface area contributed by atoms with Gasteiger partial charge in [0.1, 0.15) is 0 Å². The van der Waals surface area contributed by atoms with Crippen LogP contribution in [0.15, 0.2) is 23.8 Å². The Labute approximate surface area is 85.6 Å². The van der Waals surface area contributed by atoms with Crippen LogP contribution in [0.4, 0.5) is 0 Å². The maximum absolute atomic E-state index is 11.6. The summed E-state index contributed by atoms with van der Waals surface area (Å²) in [5.74, 6) is -0.0734. The summed E-state index contributed by atoms with van der Waals surface area (Å²) in [6.07, 6.45) is 7.78. The molecule has 0 aromatic heterocycles. The van der Waals surface area contributed by atoms with E-state index in [0.29, 0.717) is 6.61 Å². The largest absolute Gasteiger partial charge is 0.466 e. The zero-order chi connectivity index (χ0) is 10.6. The van der Waals surface area contributed by atoms with Gasteiger partial charge in [0.25, 0.3) is 0 Å². The van der Waals surface area contributed by atoms with Crippen LogP contribution in [0.2, 0.25) is 0 Å². The van der Waals surface area contributed by atoms with Crippen LogP contribution in [0.3, 0.4) is 0 Å². The molecule has 0 amide bonds. The molecule has 0 saturated carbocycles. The average molecular weight is 194 g/mol. The van der Waals surface area contributed by atoms with Gasteiger partial charge in [0.15, 0.2) is 0 Å². The minimum atomic E-state index is -0.329. The number of hydrogen-bond donors (Lipinski definition) is 0. The number of esters is 1. The molecule has 0 aromatic carbocycles. The molecular weight excluding hydrogens is 176 g/mol. The van der Waals surface area contributed by atoms with Crippen molar-refractivity contribution >= 4 is 5.97 Å². The summed E-state index contributed by atoms with van der Waals surface area (Å²) in [7, 11) is 0. The maximum atomic E-state index is 11.6. The van der Waals surface area contributed by atoms with Gasteiger partial charge in [-0.25, -0.2) is 0 Å². The fourth-order valence-electron chi connectivity index (χ4n) is 1.75. The van der Waals surface area contributed by atoms with Crippen LogP contribution in [0, 0.1) is 5.41 Å². The Morgan fingerprint density at radius 2 is 2.43 bits per heavy atom. The zero-order valence-electron chi connectivity index (χ0n) is 9.17. The highest BCUT2D eigenvalue weighted by atomic mass is 16.5. The van der Waals surface area contributed by atoms with E-state index in [1.807, 2.05) is 26.8 Å². The van der Waals surface area contributed by atoms with Crippen LogP contribution in [0.1, 0.15) is 33.6 Å². The molecule has 0 radical (unpaired) electrons. The van der Waals surface area contributed by atoms with Gasteiger partial charge in [0.2, 0.25) is 0 Å². The first-order chi connectivity index (χ1) is 6.62. The molecule has 2 heteroatoms. The number of allylic oxidation sites excluding steroid dienone is 4. The van der Waals surface area contributed by atoms with E-state index < -0.39 is 0 Å². The number of rotatable bonds is 3. The second-order valence-corrected chi connectivity index (χ2v) is 3.94. The molecule has 0 bridgehead atoms. The van der Waals surface area contributed by atoms with Crippen molar-refractivity contribution < 1.29 is 9.53 Å². The standard InChI is InChI=1S/C12H18O2/c1-4-6-10-7-8-12(3,9-10)11(13)14-5-2/h4,6-7H,5,8-9H2,1-3H3/b6-4+. The van der Waals surface area contributed by atoms with E-state index in [9.17, 15) is 4.79 Å². The van der Waals surface area contributed by atoms with Crippen molar-refractivity contribution in [2.75, 3.05) is 6.61 Å². The number of carbonyl (C=O) groups is 1. The van der Waals surface area contributed by atoms with Crippen molar-refractivity contribution in [2.45, 2.75) is 33.6 Å². The predicted molar refractivity (Wildman–Crippen MR) is 56.9 cm³/mol. The smallest absolute Gasteiger partial charge is 0.312 e. The van der Waals surface area contributed by atoms with Crippen molar-refractivity contribution in [1.29, 1.82) is 0 Å². The second-order valence-electron chi connectivity index (χ2n) is 3.94. The van der Waals surface area contributed by atoms with E-state index >= 15 is 0 Å².